The van der Waals surface area contributed by atoms with E-state index < -0.39 is 5.60 Å². The van der Waals surface area contributed by atoms with Crippen molar-refractivity contribution in [3.8, 4) is 12.3 Å². The number of hydrogen-bond acceptors (Lipinski definition) is 2. The van der Waals surface area contributed by atoms with Crippen LogP contribution in [-0.2, 0) is 4.79 Å². The summed E-state index contributed by atoms with van der Waals surface area (Å²) < 4.78 is 0. The number of carbonyl (C=O) groups is 1. The van der Waals surface area contributed by atoms with Gasteiger partial charge in [-0.3, -0.25) is 4.79 Å². The number of rotatable bonds is 0. The van der Waals surface area contributed by atoms with Gasteiger partial charge in [-0.05, 0) is 74.7 Å². The van der Waals surface area contributed by atoms with Gasteiger partial charge in [-0.1, -0.05) is 18.4 Å². The number of allylic oxidation sites excluding steroid dienone is 1. The topological polar surface area (TPSA) is 37.3 Å². The molecule has 0 aromatic carbocycles. The minimum absolute atomic E-state index is 0.103. The molecule has 4 aliphatic rings. The maximum Gasteiger partial charge on any atom is 0.155 e. The predicted octanol–water partition coefficient (Wildman–Crippen LogP) is 3.49. The number of fused-ring (bicyclic) bond motifs is 5. The largest absolute Gasteiger partial charge is 0.377 e. The van der Waals surface area contributed by atoms with Crippen molar-refractivity contribution in [3.63, 3.8) is 0 Å². The van der Waals surface area contributed by atoms with Crippen LogP contribution in [0.25, 0.3) is 0 Å². The van der Waals surface area contributed by atoms with Gasteiger partial charge in [-0.2, -0.15) is 0 Å². The van der Waals surface area contributed by atoms with Gasteiger partial charge in [-0.25, -0.2) is 0 Å². The summed E-state index contributed by atoms with van der Waals surface area (Å²) in [4.78, 5) is 11.7. The first-order valence-corrected chi connectivity index (χ1v) is 8.92. The molecule has 0 saturated heterocycles. The number of terminal acetylenes is 1. The molecule has 0 aliphatic heterocycles. The average molecular weight is 298 g/mol. The lowest BCUT2D eigenvalue weighted by molar-refractivity contribution is -0.116. The van der Waals surface area contributed by atoms with Gasteiger partial charge < -0.3 is 5.11 Å². The van der Waals surface area contributed by atoms with Gasteiger partial charge in [-0.15, -0.1) is 6.42 Å². The van der Waals surface area contributed by atoms with Crippen LogP contribution in [0.5, 0.6) is 0 Å². The van der Waals surface area contributed by atoms with Crippen LogP contribution in [-0.4, -0.2) is 16.5 Å². The number of hydrogen-bond donors (Lipinski definition) is 1. The smallest absolute Gasteiger partial charge is 0.155 e. The molecule has 2 heteroatoms. The van der Waals surface area contributed by atoms with Crippen molar-refractivity contribution < 1.29 is 9.90 Å². The van der Waals surface area contributed by atoms with Crippen molar-refractivity contribution in [1.82, 2.24) is 0 Å². The zero-order valence-corrected chi connectivity index (χ0v) is 13.5. The Labute approximate surface area is 133 Å². The van der Waals surface area contributed by atoms with E-state index in [9.17, 15) is 9.90 Å². The second-order valence-corrected chi connectivity index (χ2v) is 8.30. The van der Waals surface area contributed by atoms with Crippen LogP contribution >= 0.6 is 0 Å². The molecule has 3 saturated carbocycles. The van der Waals surface area contributed by atoms with Crippen molar-refractivity contribution in [2.45, 2.75) is 63.9 Å². The van der Waals surface area contributed by atoms with E-state index >= 15 is 0 Å². The van der Waals surface area contributed by atoms with E-state index in [-0.39, 0.29) is 5.41 Å². The fourth-order valence-corrected chi connectivity index (χ4v) is 6.43. The summed E-state index contributed by atoms with van der Waals surface area (Å²) in [5.41, 5.74) is 0.418. The SMILES string of the molecule is C#C[C@]1(O)CC[C@H]2[C@@H]3CCC4=CC(=O)CC[C@H]4[C@H]3CC[C@@]21C. The zero-order valence-electron chi connectivity index (χ0n) is 13.5. The fraction of sp³-hybridized carbons (Fsp3) is 0.750. The molecule has 0 bridgehead atoms. The standard InChI is InChI=1S/C20H26O2/c1-3-20(22)11-9-18-17-6-4-13-12-14(21)5-7-15(13)16(17)8-10-19(18,20)2/h1,12,15-18,22H,4-11H2,2H3/t15-,16-,17-,18+,19+,20+/m1/s1. The van der Waals surface area contributed by atoms with Gasteiger partial charge in [0.15, 0.2) is 5.78 Å². The minimum Gasteiger partial charge on any atom is -0.377 e. The van der Waals surface area contributed by atoms with Crippen LogP contribution in [0.3, 0.4) is 0 Å². The Balaban J connectivity index is 1.65. The van der Waals surface area contributed by atoms with E-state index in [1.54, 1.807) is 0 Å². The number of carbonyl (C=O) groups excluding carboxylic acids is 1. The van der Waals surface area contributed by atoms with Gasteiger partial charge >= 0.3 is 0 Å². The van der Waals surface area contributed by atoms with E-state index in [0.29, 0.717) is 29.5 Å². The first kappa shape index (κ1) is 14.5. The molecule has 0 aromatic heterocycles. The Morgan fingerprint density at radius 1 is 1.18 bits per heavy atom. The molecule has 118 valence electrons. The summed E-state index contributed by atoms with van der Waals surface area (Å²) in [6.07, 6.45) is 15.7. The van der Waals surface area contributed by atoms with Crippen molar-refractivity contribution in [2.75, 3.05) is 0 Å². The zero-order chi connectivity index (χ0) is 15.5. The van der Waals surface area contributed by atoms with Crippen molar-refractivity contribution in [1.29, 1.82) is 0 Å². The summed E-state index contributed by atoms with van der Waals surface area (Å²) in [7, 11) is 0. The van der Waals surface area contributed by atoms with E-state index in [2.05, 4.69) is 12.8 Å². The molecule has 0 amide bonds. The van der Waals surface area contributed by atoms with E-state index in [1.807, 2.05) is 6.08 Å². The van der Waals surface area contributed by atoms with Gasteiger partial charge in [0.05, 0.1) is 0 Å². The molecule has 4 rings (SSSR count). The van der Waals surface area contributed by atoms with Gasteiger partial charge in [0, 0.05) is 11.8 Å². The molecule has 0 radical (unpaired) electrons. The van der Waals surface area contributed by atoms with E-state index in [0.717, 1.165) is 44.9 Å². The molecule has 3 fully saturated rings. The Kier molecular flexibility index (Phi) is 3.11. The molecule has 22 heavy (non-hydrogen) atoms. The third-order valence-corrected chi connectivity index (χ3v) is 7.69. The van der Waals surface area contributed by atoms with Crippen LogP contribution in [0.2, 0.25) is 0 Å². The van der Waals surface area contributed by atoms with Crippen LogP contribution in [0.1, 0.15) is 58.3 Å². The van der Waals surface area contributed by atoms with E-state index in [1.165, 1.54) is 12.0 Å². The molecular weight excluding hydrogens is 272 g/mol. The molecule has 1 N–H and O–H groups in total. The Morgan fingerprint density at radius 2 is 2.00 bits per heavy atom. The monoisotopic (exact) mass is 298 g/mol. The molecular formula is C20H26O2. The third-order valence-electron chi connectivity index (χ3n) is 7.69. The quantitative estimate of drug-likeness (QED) is 0.695. The summed E-state index contributed by atoms with van der Waals surface area (Å²) in [5.74, 6) is 5.66. The summed E-state index contributed by atoms with van der Waals surface area (Å²) in [5, 5.41) is 10.9. The molecule has 0 spiro atoms. The van der Waals surface area contributed by atoms with Crippen LogP contribution < -0.4 is 0 Å². The first-order chi connectivity index (χ1) is 10.5. The van der Waals surface area contributed by atoms with E-state index in [4.69, 9.17) is 6.42 Å². The normalized spacial score (nSPS) is 50.4. The lowest BCUT2D eigenvalue weighted by Crippen LogP contribution is -2.52. The Bertz CT molecular complexity index is 583. The highest BCUT2D eigenvalue weighted by molar-refractivity contribution is 5.91. The highest BCUT2D eigenvalue weighted by Gasteiger charge is 2.61. The third kappa shape index (κ3) is 1.75. The molecule has 4 aliphatic carbocycles. The Hall–Kier alpha value is -1.07. The average Bonchev–Trinajstić information content (AvgIpc) is 2.79. The maximum absolute atomic E-state index is 11.7. The van der Waals surface area contributed by atoms with Crippen LogP contribution in [0.15, 0.2) is 11.6 Å². The van der Waals surface area contributed by atoms with Gasteiger partial charge in [0.1, 0.15) is 5.60 Å². The second kappa shape index (κ2) is 4.71. The van der Waals surface area contributed by atoms with Crippen LogP contribution in [0.4, 0.5) is 0 Å². The predicted molar refractivity (Wildman–Crippen MR) is 85.9 cm³/mol. The number of aliphatic hydroxyl groups is 1. The molecule has 0 aromatic rings. The number of ketones is 1. The van der Waals surface area contributed by atoms with Crippen molar-refractivity contribution in [2.24, 2.45) is 29.1 Å². The fourth-order valence-electron chi connectivity index (χ4n) is 6.43. The Morgan fingerprint density at radius 3 is 2.77 bits per heavy atom. The van der Waals surface area contributed by atoms with Gasteiger partial charge in [0.2, 0.25) is 0 Å². The summed E-state index contributed by atoms with van der Waals surface area (Å²) in [6.45, 7) is 2.23. The molecule has 0 unspecified atom stereocenters. The lowest BCUT2D eigenvalue weighted by atomic mass is 9.50. The highest BCUT2D eigenvalue weighted by Crippen LogP contribution is 2.64. The van der Waals surface area contributed by atoms with Crippen LogP contribution in [0, 0.1) is 41.4 Å². The first-order valence-electron chi connectivity index (χ1n) is 8.92. The highest BCUT2D eigenvalue weighted by atomic mass is 16.3. The molecule has 0 heterocycles. The minimum atomic E-state index is -0.902. The summed E-state index contributed by atoms with van der Waals surface area (Å²) >= 11 is 0. The summed E-state index contributed by atoms with van der Waals surface area (Å²) in [6, 6.07) is 0. The van der Waals surface area contributed by atoms with Crippen molar-refractivity contribution >= 4 is 5.78 Å². The molecule has 2 nitrogen and oxygen atoms in total. The maximum atomic E-state index is 11.7. The molecule has 6 atom stereocenters. The van der Waals surface area contributed by atoms with Crippen molar-refractivity contribution in [3.05, 3.63) is 11.6 Å². The second-order valence-electron chi connectivity index (χ2n) is 8.30. The lowest BCUT2D eigenvalue weighted by Gasteiger charge is -2.54. The van der Waals surface area contributed by atoms with Gasteiger partial charge in [0.25, 0.3) is 0 Å².